The quantitative estimate of drug-likeness (QED) is 0.829. The Morgan fingerprint density at radius 3 is 2.76 bits per heavy atom. The van der Waals surface area contributed by atoms with Crippen molar-refractivity contribution >= 4 is 0 Å². The molecule has 0 atom stereocenters. The Morgan fingerprint density at radius 1 is 1.24 bits per heavy atom. The van der Waals surface area contributed by atoms with Gasteiger partial charge in [-0.15, -0.1) is 0 Å². The number of hydrogen-bond donors (Lipinski definition) is 1. The van der Waals surface area contributed by atoms with Gasteiger partial charge < -0.3 is 10.1 Å². The van der Waals surface area contributed by atoms with E-state index in [0.29, 0.717) is 36.4 Å². The van der Waals surface area contributed by atoms with Gasteiger partial charge in [0.25, 0.3) is 0 Å². The number of nitriles is 1. The van der Waals surface area contributed by atoms with Gasteiger partial charge in [-0.05, 0) is 42.3 Å². The van der Waals surface area contributed by atoms with Crippen LogP contribution in [-0.2, 0) is 13.0 Å². The van der Waals surface area contributed by atoms with E-state index >= 15 is 0 Å². The van der Waals surface area contributed by atoms with Gasteiger partial charge in [0.05, 0.1) is 12.7 Å². The summed E-state index contributed by atoms with van der Waals surface area (Å²) in [6.07, 6.45) is 0.639. The topological polar surface area (TPSA) is 45.0 Å². The van der Waals surface area contributed by atoms with Crippen LogP contribution in [0.4, 0.5) is 4.39 Å². The highest BCUT2D eigenvalue weighted by molar-refractivity contribution is 5.45. The predicted octanol–water partition coefficient (Wildman–Crippen LogP) is 3.04. The van der Waals surface area contributed by atoms with Crippen molar-refractivity contribution < 1.29 is 9.13 Å². The van der Waals surface area contributed by atoms with Crippen molar-refractivity contribution in [1.29, 1.82) is 5.26 Å². The van der Waals surface area contributed by atoms with Crippen LogP contribution < -0.4 is 10.1 Å². The van der Waals surface area contributed by atoms with E-state index in [0.717, 1.165) is 5.56 Å². The summed E-state index contributed by atoms with van der Waals surface area (Å²) < 4.78 is 18.6. The highest BCUT2D eigenvalue weighted by atomic mass is 19.1. The standard InChI is InChI=1S/C17H17FN2O/c1-21-17-10-13(6-7-15(17)11-19)12-20-9-8-14-4-2-3-5-16(14)18/h2-7,10,20H,8-9,12H2,1H3. The van der Waals surface area contributed by atoms with E-state index in [-0.39, 0.29) is 5.82 Å². The first kappa shape index (κ1) is 15.0. The number of halogens is 1. The lowest BCUT2D eigenvalue weighted by Gasteiger charge is -2.08. The smallest absolute Gasteiger partial charge is 0.136 e. The van der Waals surface area contributed by atoms with Gasteiger partial charge in [-0.3, -0.25) is 0 Å². The van der Waals surface area contributed by atoms with Gasteiger partial charge in [-0.2, -0.15) is 5.26 Å². The molecular weight excluding hydrogens is 267 g/mol. The number of nitrogens with zero attached hydrogens (tertiary/aromatic N) is 1. The molecule has 3 nitrogen and oxygen atoms in total. The summed E-state index contributed by atoms with van der Waals surface area (Å²) in [6, 6.07) is 14.3. The Morgan fingerprint density at radius 2 is 2.05 bits per heavy atom. The average Bonchev–Trinajstić information content (AvgIpc) is 2.52. The third-order valence-electron chi connectivity index (χ3n) is 3.24. The third kappa shape index (κ3) is 4.04. The highest BCUT2D eigenvalue weighted by Gasteiger charge is 2.04. The highest BCUT2D eigenvalue weighted by Crippen LogP contribution is 2.19. The Balaban J connectivity index is 1.87. The molecular formula is C17H17FN2O. The summed E-state index contributed by atoms with van der Waals surface area (Å²) in [5.74, 6) is 0.408. The first-order valence-electron chi connectivity index (χ1n) is 6.75. The second kappa shape index (κ2) is 7.41. The molecule has 108 valence electrons. The molecule has 0 aliphatic heterocycles. The molecule has 0 spiro atoms. The van der Waals surface area contributed by atoms with E-state index in [2.05, 4.69) is 11.4 Å². The molecule has 0 saturated carbocycles. The van der Waals surface area contributed by atoms with Crippen LogP contribution in [0.25, 0.3) is 0 Å². The summed E-state index contributed by atoms with van der Waals surface area (Å²) in [5.41, 5.74) is 2.26. The van der Waals surface area contributed by atoms with Gasteiger partial charge in [-0.25, -0.2) is 4.39 Å². The lowest BCUT2D eigenvalue weighted by molar-refractivity contribution is 0.412. The first-order valence-corrected chi connectivity index (χ1v) is 6.75. The molecule has 0 saturated heterocycles. The largest absolute Gasteiger partial charge is 0.495 e. The van der Waals surface area contributed by atoms with Gasteiger partial charge in [0.1, 0.15) is 17.6 Å². The van der Waals surface area contributed by atoms with E-state index in [9.17, 15) is 4.39 Å². The molecule has 0 fully saturated rings. The van der Waals surface area contributed by atoms with Crippen LogP contribution in [0.3, 0.4) is 0 Å². The molecule has 0 aliphatic rings. The molecule has 0 amide bonds. The zero-order valence-corrected chi connectivity index (χ0v) is 11.9. The van der Waals surface area contributed by atoms with Crippen LogP contribution in [0, 0.1) is 17.1 Å². The number of benzene rings is 2. The first-order chi connectivity index (χ1) is 10.2. The molecule has 0 aliphatic carbocycles. The SMILES string of the molecule is COc1cc(CNCCc2ccccc2F)ccc1C#N. The van der Waals surface area contributed by atoms with Gasteiger partial charge in [0, 0.05) is 6.54 Å². The summed E-state index contributed by atoms with van der Waals surface area (Å²) in [7, 11) is 1.55. The fourth-order valence-electron chi connectivity index (χ4n) is 2.09. The summed E-state index contributed by atoms with van der Waals surface area (Å²) in [4.78, 5) is 0. The van der Waals surface area contributed by atoms with Crippen LogP contribution in [0.1, 0.15) is 16.7 Å². The van der Waals surface area contributed by atoms with Crippen LogP contribution in [0.2, 0.25) is 0 Å². The molecule has 2 aromatic rings. The lowest BCUT2D eigenvalue weighted by atomic mass is 10.1. The average molecular weight is 284 g/mol. The second-order valence-corrected chi connectivity index (χ2v) is 4.66. The predicted molar refractivity (Wildman–Crippen MR) is 79.5 cm³/mol. The molecule has 2 rings (SSSR count). The summed E-state index contributed by atoms with van der Waals surface area (Å²) in [6.45, 7) is 1.33. The zero-order chi connectivity index (χ0) is 15.1. The van der Waals surface area contributed by atoms with Gasteiger partial charge in [-0.1, -0.05) is 24.3 Å². The fraction of sp³-hybridized carbons (Fsp3) is 0.235. The van der Waals surface area contributed by atoms with Crippen molar-refractivity contribution in [3.05, 3.63) is 65.0 Å². The molecule has 0 heterocycles. The molecule has 0 aromatic heterocycles. The van der Waals surface area contributed by atoms with E-state index < -0.39 is 0 Å². The molecule has 4 heteroatoms. The Bertz CT molecular complexity index is 649. The normalized spacial score (nSPS) is 10.1. The molecule has 0 unspecified atom stereocenters. The summed E-state index contributed by atoms with van der Waals surface area (Å²) in [5, 5.41) is 12.2. The lowest BCUT2D eigenvalue weighted by Crippen LogP contribution is -2.17. The van der Waals surface area contributed by atoms with Crippen LogP contribution in [0.15, 0.2) is 42.5 Å². The van der Waals surface area contributed by atoms with E-state index in [1.807, 2.05) is 18.2 Å². The number of rotatable bonds is 6. The van der Waals surface area contributed by atoms with Crippen molar-refractivity contribution in [1.82, 2.24) is 5.32 Å². The number of methoxy groups -OCH3 is 1. The minimum Gasteiger partial charge on any atom is -0.495 e. The van der Waals surface area contributed by atoms with Gasteiger partial charge in [0.2, 0.25) is 0 Å². The summed E-state index contributed by atoms with van der Waals surface area (Å²) >= 11 is 0. The van der Waals surface area contributed by atoms with Crippen LogP contribution in [-0.4, -0.2) is 13.7 Å². The third-order valence-corrected chi connectivity index (χ3v) is 3.24. The monoisotopic (exact) mass is 284 g/mol. The second-order valence-electron chi connectivity index (χ2n) is 4.66. The fourth-order valence-corrected chi connectivity index (χ4v) is 2.09. The zero-order valence-electron chi connectivity index (χ0n) is 11.9. The van der Waals surface area contributed by atoms with Crippen molar-refractivity contribution in [3.63, 3.8) is 0 Å². The number of nitrogens with one attached hydrogen (secondary N) is 1. The Labute approximate surface area is 124 Å². The molecule has 0 radical (unpaired) electrons. The van der Waals surface area contributed by atoms with Crippen molar-refractivity contribution in [2.24, 2.45) is 0 Å². The van der Waals surface area contributed by atoms with E-state index in [4.69, 9.17) is 10.00 Å². The Hall–Kier alpha value is -2.38. The molecule has 1 N–H and O–H groups in total. The van der Waals surface area contributed by atoms with Crippen molar-refractivity contribution in [2.75, 3.05) is 13.7 Å². The maximum Gasteiger partial charge on any atom is 0.136 e. The number of hydrogen-bond acceptors (Lipinski definition) is 3. The van der Waals surface area contributed by atoms with Crippen molar-refractivity contribution in [3.8, 4) is 11.8 Å². The molecule has 21 heavy (non-hydrogen) atoms. The van der Waals surface area contributed by atoms with Crippen LogP contribution in [0.5, 0.6) is 5.75 Å². The van der Waals surface area contributed by atoms with Crippen LogP contribution >= 0.6 is 0 Å². The number of ether oxygens (including phenoxy) is 1. The minimum atomic E-state index is -0.167. The minimum absolute atomic E-state index is 0.167. The maximum absolute atomic E-state index is 13.4. The Kier molecular flexibility index (Phi) is 5.30. The van der Waals surface area contributed by atoms with E-state index in [1.165, 1.54) is 6.07 Å². The van der Waals surface area contributed by atoms with Crippen molar-refractivity contribution in [2.45, 2.75) is 13.0 Å². The van der Waals surface area contributed by atoms with Gasteiger partial charge in [0.15, 0.2) is 0 Å². The van der Waals surface area contributed by atoms with Gasteiger partial charge >= 0.3 is 0 Å². The molecule has 2 aromatic carbocycles. The van der Waals surface area contributed by atoms with E-state index in [1.54, 1.807) is 25.3 Å². The maximum atomic E-state index is 13.4. The molecule has 0 bridgehead atoms.